The normalized spacial score (nSPS) is 13.5. The smallest absolute Gasteiger partial charge is 0.478 e. The van der Waals surface area contributed by atoms with Crippen molar-refractivity contribution in [3.8, 4) is 17.2 Å². The lowest BCUT2D eigenvalue weighted by atomic mass is 10.1. The van der Waals surface area contributed by atoms with E-state index in [-0.39, 0.29) is 35.8 Å². The third kappa shape index (κ3) is 15.5. The largest absolute Gasteiger partial charge is 0.490 e. The van der Waals surface area contributed by atoms with Crippen LogP contribution in [0.2, 0.25) is 0 Å². The highest BCUT2D eigenvalue weighted by molar-refractivity contribution is 8.08. The van der Waals surface area contributed by atoms with Crippen molar-refractivity contribution in [2.24, 2.45) is 11.5 Å². The summed E-state index contributed by atoms with van der Waals surface area (Å²) >= 11 is 5.71. The minimum atomic E-state index is -4.72. The summed E-state index contributed by atoms with van der Waals surface area (Å²) in [6.07, 6.45) is -5.96. The Labute approximate surface area is 309 Å². The number of alkyl halides is 3. The lowest BCUT2D eigenvalue weighted by Crippen LogP contribution is -2.23. The van der Waals surface area contributed by atoms with E-state index < -0.39 is 61.9 Å². The van der Waals surface area contributed by atoms with Crippen molar-refractivity contribution in [3.05, 3.63) is 108 Å². The van der Waals surface area contributed by atoms with Gasteiger partial charge in [0.25, 0.3) is 0 Å². The predicted molar refractivity (Wildman–Crippen MR) is 186 cm³/mol. The number of hydrogen-bond donors (Lipinski definition) is 5. The SMILES string of the molecule is NC(=O)OC(CC=CC(=O)O)c1ccc(OP(=S)(Oc2ccc(NC(=O)OCC(F)(F)F)cc2)Oc2ccc(C(CC=CC(=O)O)OC(N)=O)cc2)cc1. The minimum Gasteiger partial charge on any atom is -0.478 e. The summed E-state index contributed by atoms with van der Waals surface area (Å²) in [6.45, 7) is -5.70. The Hall–Kier alpha value is -6.27. The Morgan fingerprint density at radius 2 is 1.07 bits per heavy atom. The summed E-state index contributed by atoms with van der Waals surface area (Å²) in [7, 11) is 0. The third-order valence-corrected chi connectivity index (χ3v) is 8.34. The number of carbonyl (C=O) groups is 5. The highest BCUT2D eigenvalue weighted by atomic mass is 32.5. The summed E-state index contributed by atoms with van der Waals surface area (Å²) < 4.78 is 69.5. The number of halogens is 3. The first-order valence-corrected chi connectivity index (χ1v) is 17.7. The molecule has 16 nitrogen and oxygen atoms in total. The number of primary amides is 2. The van der Waals surface area contributed by atoms with E-state index in [1.807, 2.05) is 0 Å². The van der Waals surface area contributed by atoms with Crippen LogP contribution in [0.5, 0.6) is 17.2 Å². The second-order valence-corrected chi connectivity index (χ2v) is 13.3. The fourth-order valence-corrected chi connectivity index (χ4v) is 6.23. The number of hydrogen-bond acceptors (Lipinski definition) is 12. The van der Waals surface area contributed by atoms with Crippen molar-refractivity contribution in [2.75, 3.05) is 11.9 Å². The number of anilines is 1. The van der Waals surface area contributed by atoms with Gasteiger partial charge in [-0.3, -0.25) is 5.32 Å². The maximum Gasteiger partial charge on any atom is 0.490 e. The first-order chi connectivity index (χ1) is 25.4. The lowest BCUT2D eigenvalue weighted by molar-refractivity contribution is -0.159. The van der Waals surface area contributed by atoms with Gasteiger partial charge in [-0.05, 0) is 59.7 Å². The van der Waals surface area contributed by atoms with E-state index in [4.69, 9.17) is 56.5 Å². The van der Waals surface area contributed by atoms with E-state index in [9.17, 15) is 37.1 Å². The second-order valence-electron chi connectivity index (χ2n) is 10.5. The molecule has 7 N–H and O–H groups in total. The average Bonchev–Trinajstić information content (AvgIpc) is 3.07. The van der Waals surface area contributed by atoms with Gasteiger partial charge in [0.15, 0.2) is 6.61 Å². The second kappa shape index (κ2) is 19.5. The molecule has 0 heterocycles. The maximum atomic E-state index is 12.4. The van der Waals surface area contributed by atoms with Crippen molar-refractivity contribution in [1.29, 1.82) is 0 Å². The number of amides is 3. The number of carboxylic acids is 2. The Morgan fingerprint density at radius 3 is 1.41 bits per heavy atom. The number of ether oxygens (including phenoxy) is 3. The molecule has 0 fully saturated rings. The molecule has 0 aliphatic rings. The monoisotopic (exact) mass is 797 g/mol. The quantitative estimate of drug-likeness (QED) is 0.0500. The van der Waals surface area contributed by atoms with Gasteiger partial charge in [0.1, 0.15) is 29.5 Å². The van der Waals surface area contributed by atoms with Gasteiger partial charge in [0.2, 0.25) is 0 Å². The molecule has 3 amide bonds. The van der Waals surface area contributed by atoms with Crippen LogP contribution in [0.1, 0.15) is 36.2 Å². The molecule has 2 atom stereocenters. The minimum absolute atomic E-state index is 0.0261. The van der Waals surface area contributed by atoms with Crippen LogP contribution in [0.15, 0.2) is 97.1 Å². The summed E-state index contributed by atoms with van der Waals surface area (Å²) in [5.74, 6) is -2.18. The molecular formula is C33H31F3N3O13PS. The van der Waals surface area contributed by atoms with Gasteiger partial charge in [0.05, 0.1) is 0 Å². The zero-order chi connectivity index (χ0) is 39.9. The molecule has 0 spiro atoms. The van der Waals surface area contributed by atoms with Crippen LogP contribution in [0.3, 0.4) is 0 Å². The Morgan fingerprint density at radius 1 is 0.704 bits per heavy atom. The van der Waals surface area contributed by atoms with Gasteiger partial charge in [0, 0.05) is 42.5 Å². The highest BCUT2D eigenvalue weighted by Gasteiger charge is 2.30. The van der Waals surface area contributed by atoms with Gasteiger partial charge < -0.3 is 49.5 Å². The zero-order valence-corrected chi connectivity index (χ0v) is 29.3. The molecule has 3 rings (SSSR count). The molecule has 288 valence electrons. The fourth-order valence-electron chi connectivity index (χ4n) is 4.20. The van der Waals surface area contributed by atoms with E-state index in [0.29, 0.717) is 11.1 Å². The molecular weight excluding hydrogens is 766 g/mol. The van der Waals surface area contributed by atoms with Gasteiger partial charge in [-0.25, -0.2) is 24.0 Å². The van der Waals surface area contributed by atoms with Crippen LogP contribution in [0, 0.1) is 0 Å². The standard InChI is InChI=1S/C33H31F3N3O13PS/c34-33(35,36)19-47-32(46)39-22-11-17-25(18-12-22)52-53(54,50-23-13-7-20(8-14-23)26(48-30(37)44)3-1-5-28(40)41)51-24-15-9-21(10-16-24)27(49-31(38)45)4-2-6-29(42)43/h1-2,5-18,26-27H,3-4,19H2,(H2,37,44)(H2,38,45)(H,39,46)(H,40,41)(H,42,43). The molecule has 2 unspecified atom stereocenters. The number of carbonyl (C=O) groups excluding carboxylic acids is 3. The molecule has 0 aliphatic carbocycles. The average molecular weight is 798 g/mol. The summed E-state index contributed by atoms with van der Waals surface area (Å²) in [4.78, 5) is 56.4. The van der Waals surface area contributed by atoms with Gasteiger partial charge in [-0.2, -0.15) is 13.2 Å². The van der Waals surface area contributed by atoms with Crippen molar-refractivity contribution in [1.82, 2.24) is 0 Å². The Balaban J connectivity index is 1.88. The van der Waals surface area contributed by atoms with Crippen molar-refractivity contribution < 1.29 is 75.1 Å². The van der Waals surface area contributed by atoms with E-state index >= 15 is 0 Å². The van der Waals surface area contributed by atoms with Crippen LogP contribution in [-0.2, 0) is 35.6 Å². The van der Waals surface area contributed by atoms with Crippen molar-refractivity contribution in [2.45, 2.75) is 31.2 Å². The van der Waals surface area contributed by atoms with Crippen molar-refractivity contribution in [3.63, 3.8) is 0 Å². The van der Waals surface area contributed by atoms with Gasteiger partial charge in [-0.1, -0.05) is 36.4 Å². The van der Waals surface area contributed by atoms with Crippen LogP contribution in [0.4, 0.5) is 33.2 Å². The van der Waals surface area contributed by atoms with Gasteiger partial charge >= 0.3 is 43.1 Å². The van der Waals surface area contributed by atoms with E-state index in [0.717, 1.165) is 12.2 Å². The molecule has 0 aliphatic heterocycles. The van der Waals surface area contributed by atoms with Crippen LogP contribution < -0.4 is 30.4 Å². The molecule has 3 aromatic rings. The molecule has 0 aromatic heterocycles. The number of aliphatic carboxylic acids is 2. The van der Waals surface area contributed by atoms with Gasteiger partial charge in [-0.15, -0.1) is 0 Å². The van der Waals surface area contributed by atoms with Crippen molar-refractivity contribution >= 4 is 54.4 Å². The van der Waals surface area contributed by atoms with E-state index in [1.54, 1.807) is 0 Å². The molecule has 0 saturated heterocycles. The molecule has 3 aromatic carbocycles. The molecule has 0 saturated carbocycles. The Bertz CT molecular complexity index is 1800. The molecule has 0 bridgehead atoms. The Kier molecular flexibility index (Phi) is 15.2. The number of benzene rings is 3. The lowest BCUT2D eigenvalue weighted by Gasteiger charge is -2.24. The van der Waals surface area contributed by atoms with Crippen LogP contribution >= 0.6 is 6.72 Å². The molecule has 54 heavy (non-hydrogen) atoms. The summed E-state index contributed by atoms with van der Waals surface area (Å²) in [5.41, 5.74) is 11.2. The predicted octanol–water partition coefficient (Wildman–Crippen LogP) is 6.89. The van der Waals surface area contributed by atoms with Crippen LogP contribution in [0.25, 0.3) is 0 Å². The summed E-state index contributed by atoms with van der Waals surface area (Å²) in [6, 6.07) is 16.9. The number of nitrogens with two attached hydrogens (primary N) is 2. The fraction of sp³-hybridized carbons (Fsp3) is 0.182. The maximum absolute atomic E-state index is 12.4. The van der Waals surface area contributed by atoms with E-state index in [2.05, 4.69) is 10.1 Å². The zero-order valence-electron chi connectivity index (χ0n) is 27.5. The third-order valence-electron chi connectivity index (χ3n) is 6.36. The highest BCUT2D eigenvalue weighted by Crippen LogP contribution is 2.50. The molecule has 21 heteroatoms. The van der Waals surface area contributed by atoms with E-state index in [1.165, 1.54) is 84.9 Å². The summed E-state index contributed by atoms with van der Waals surface area (Å²) in [5, 5.41) is 19.9. The topological polar surface area (TPSA) is 245 Å². The number of rotatable bonds is 18. The van der Waals surface area contributed by atoms with Crippen LogP contribution in [-0.4, -0.2) is 53.2 Å². The molecule has 0 radical (unpaired) electrons. The first kappa shape index (κ1) is 42.1. The number of nitrogens with one attached hydrogen (secondary N) is 1. The first-order valence-electron chi connectivity index (χ1n) is 15.1. The number of carboxylic acid groups (broad SMARTS) is 2.